The highest BCUT2D eigenvalue weighted by molar-refractivity contribution is 5.64. The molecular weight excluding hydrogens is 319 g/mol. The van der Waals surface area contributed by atoms with E-state index in [0.717, 1.165) is 24.0 Å². The van der Waals surface area contributed by atoms with Crippen molar-refractivity contribution in [3.05, 3.63) is 108 Å². The molecule has 0 aromatic heterocycles. The molecule has 0 aliphatic carbocycles. The Morgan fingerprint density at radius 1 is 1.12 bits per heavy atom. The van der Waals surface area contributed by atoms with Crippen LogP contribution in [0, 0.1) is 12.7 Å². The summed E-state index contributed by atoms with van der Waals surface area (Å²) in [5.74, 6) is -0.170. The van der Waals surface area contributed by atoms with Gasteiger partial charge in [0.1, 0.15) is 5.82 Å². The van der Waals surface area contributed by atoms with E-state index in [1.165, 1.54) is 11.1 Å². The molecule has 0 aliphatic heterocycles. The van der Waals surface area contributed by atoms with Gasteiger partial charge < -0.3 is 0 Å². The zero-order valence-electron chi connectivity index (χ0n) is 15.7. The van der Waals surface area contributed by atoms with Gasteiger partial charge in [0, 0.05) is 5.56 Å². The first kappa shape index (κ1) is 19.7. The molecule has 0 unspecified atom stereocenters. The van der Waals surface area contributed by atoms with Crippen molar-refractivity contribution in [3.8, 4) is 11.1 Å². The number of hydrogen-bond acceptors (Lipinski definition) is 0. The first-order valence-corrected chi connectivity index (χ1v) is 9.08. The van der Waals surface area contributed by atoms with E-state index in [0.29, 0.717) is 12.0 Å². The van der Waals surface area contributed by atoms with Gasteiger partial charge in [0.15, 0.2) is 0 Å². The van der Waals surface area contributed by atoms with Crippen molar-refractivity contribution < 1.29 is 4.39 Å². The van der Waals surface area contributed by atoms with Gasteiger partial charge in [-0.3, -0.25) is 0 Å². The van der Waals surface area contributed by atoms with Gasteiger partial charge in [-0.2, -0.15) is 0 Å². The number of rotatable bonds is 8. The van der Waals surface area contributed by atoms with Gasteiger partial charge in [-0.25, -0.2) is 4.39 Å². The lowest BCUT2D eigenvalue weighted by atomic mass is 10.0. The Balaban J connectivity index is 2.05. The van der Waals surface area contributed by atoms with E-state index in [1.807, 2.05) is 68.5 Å². The number of hydrogen-bond donors (Lipinski definition) is 0. The minimum atomic E-state index is -0.170. The Hall–Kier alpha value is -2.67. The van der Waals surface area contributed by atoms with Crippen LogP contribution in [0.5, 0.6) is 0 Å². The quantitative estimate of drug-likeness (QED) is 0.346. The first-order valence-electron chi connectivity index (χ1n) is 9.08. The highest BCUT2D eigenvalue weighted by Gasteiger charge is 2.05. The molecule has 0 heterocycles. The summed E-state index contributed by atoms with van der Waals surface area (Å²) in [5.41, 5.74) is 4.98. The normalized spacial score (nSPS) is 12.2. The van der Waals surface area contributed by atoms with Gasteiger partial charge >= 0.3 is 0 Å². The van der Waals surface area contributed by atoms with Crippen molar-refractivity contribution in [2.24, 2.45) is 0 Å². The molecule has 134 valence electrons. The second-order valence-corrected chi connectivity index (χ2v) is 6.38. The zero-order chi connectivity index (χ0) is 18.8. The molecule has 0 saturated heterocycles. The molecule has 0 amide bonds. The third-order valence-corrected chi connectivity index (χ3v) is 4.21. The lowest BCUT2D eigenvalue weighted by Gasteiger charge is -2.06. The van der Waals surface area contributed by atoms with E-state index in [2.05, 4.69) is 24.8 Å². The topological polar surface area (TPSA) is 0 Å². The number of aryl methyl sites for hydroxylation is 1. The van der Waals surface area contributed by atoms with Gasteiger partial charge in [-0.1, -0.05) is 78.4 Å². The van der Waals surface area contributed by atoms with E-state index in [-0.39, 0.29) is 5.82 Å². The Morgan fingerprint density at radius 3 is 2.54 bits per heavy atom. The first-order chi connectivity index (χ1) is 12.6. The minimum absolute atomic E-state index is 0.170. The van der Waals surface area contributed by atoms with Crippen LogP contribution in [-0.4, -0.2) is 0 Å². The summed E-state index contributed by atoms with van der Waals surface area (Å²) in [4.78, 5) is 0. The van der Waals surface area contributed by atoms with Crippen LogP contribution in [0.1, 0.15) is 30.9 Å². The van der Waals surface area contributed by atoms with Crippen molar-refractivity contribution in [2.75, 3.05) is 0 Å². The van der Waals surface area contributed by atoms with Gasteiger partial charge in [-0.05, 0) is 55.9 Å². The van der Waals surface area contributed by atoms with Crippen molar-refractivity contribution in [3.63, 3.8) is 0 Å². The average molecular weight is 346 g/mol. The van der Waals surface area contributed by atoms with E-state index < -0.39 is 0 Å². The summed E-state index contributed by atoms with van der Waals surface area (Å²) in [6.07, 6.45) is 15.0. The predicted octanol–water partition coefficient (Wildman–Crippen LogP) is 7.37. The van der Waals surface area contributed by atoms with E-state index in [4.69, 9.17) is 0 Å². The van der Waals surface area contributed by atoms with E-state index in [9.17, 15) is 4.39 Å². The molecular formula is C25H27F. The Labute approximate surface area is 157 Å². The summed E-state index contributed by atoms with van der Waals surface area (Å²) < 4.78 is 14.5. The smallest absolute Gasteiger partial charge is 0.131 e. The van der Waals surface area contributed by atoms with Crippen molar-refractivity contribution >= 4 is 0 Å². The number of allylic oxidation sites excluding steroid dienone is 7. The largest absolute Gasteiger partial charge is 0.206 e. The van der Waals surface area contributed by atoms with Crippen LogP contribution in [0.4, 0.5) is 4.39 Å². The van der Waals surface area contributed by atoms with Crippen LogP contribution >= 0.6 is 0 Å². The number of halogens is 1. The van der Waals surface area contributed by atoms with Gasteiger partial charge in [-0.15, -0.1) is 6.58 Å². The molecule has 0 spiro atoms. The zero-order valence-corrected chi connectivity index (χ0v) is 15.7. The fourth-order valence-electron chi connectivity index (χ4n) is 2.75. The van der Waals surface area contributed by atoms with Gasteiger partial charge in [0.25, 0.3) is 0 Å². The Bertz CT molecular complexity index is 805. The van der Waals surface area contributed by atoms with E-state index >= 15 is 0 Å². The van der Waals surface area contributed by atoms with Crippen molar-refractivity contribution in [1.82, 2.24) is 0 Å². The van der Waals surface area contributed by atoms with Gasteiger partial charge in [0.05, 0.1) is 0 Å². The minimum Gasteiger partial charge on any atom is -0.206 e. The third kappa shape index (κ3) is 6.00. The van der Waals surface area contributed by atoms with E-state index in [1.54, 1.807) is 6.07 Å². The summed E-state index contributed by atoms with van der Waals surface area (Å²) in [6.45, 7) is 7.81. The maximum absolute atomic E-state index is 14.5. The molecule has 0 nitrogen and oxygen atoms in total. The van der Waals surface area contributed by atoms with Crippen LogP contribution in [0.3, 0.4) is 0 Å². The highest BCUT2D eigenvalue weighted by Crippen LogP contribution is 2.24. The molecule has 0 aliphatic rings. The van der Waals surface area contributed by atoms with Gasteiger partial charge in [0.2, 0.25) is 0 Å². The second kappa shape index (κ2) is 10.4. The Morgan fingerprint density at radius 2 is 1.88 bits per heavy atom. The van der Waals surface area contributed by atoms with Crippen LogP contribution in [-0.2, 0) is 6.42 Å². The molecule has 0 saturated carbocycles. The third-order valence-electron chi connectivity index (χ3n) is 4.21. The fourth-order valence-corrected chi connectivity index (χ4v) is 2.75. The maximum atomic E-state index is 14.5. The van der Waals surface area contributed by atoms with Crippen LogP contribution < -0.4 is 0 Å². The molecule has 0 fully saturated rings. The monoisotopic (exact) mass is 346 g/mol. The SMILES string of the molecule is C=CCCC(/C=C\C)=C/C=CCc1ccc(-c2ccc(C)cc2)c(F)c1. The van der Waals surface area contributed by atoms with Crippen LogP contribution in [0.25, 0.3) is 11.1 Å². The van der Waals surface area contributed by atoms with Crippen molar-refractivity contribution in [1.29, 1.82) is 0 Å². The summed E-state index contributed by atoms with van der Waals surface area (Å²) in [6, 6.07) is 13.4. The number of benzene rings is 2. The molecule has 0 N–H and O–H groups in total. The molecule has 2 aromatic rings. The molecule has 26 heavy (non-hydrogen) atoms. The standard InChI is InChI=1S/C25H27F/c1-4-6-10-21(9-5-2)11-7-8-12-22-15-18-24(25(26)19-22)23-16-13-20(3)14-17-23/h4-5,7-9,11,13-19H,1,6,10,12H2,2-3H3/b8-7?,9-5-,21-11+. The predicted molar refractivity (Wildman–Crippen MR) is 112 cm³/mol. The molecule has 2 aromatic carbocycles. The highest BCUT2D eigenvalue weighted by atomic mass is 19.1. The molecule has 1 heteroatoms. The fraction of sp³-hybridized carbons (Fsp3) is 0.200. The second-order valence-electron chi connectivity index (χ2n) is 6.38. The summed E-state index contributed by atoms with van der Waals surface area (Å²) in [5, 5.41) is 0. The molecule has 0 bridgehead atoms. The maximum Gasteiger partial charge on any atom is 0.131 e. The van der Waals surface area contributed by atoms with Crippen LogP contribution in [0.15, 0.2) is 91.1 Å². The molecule has 0 atom stereocenters. The average Bonchev–Trinajstić information content (AvgIpc) is 2.64. The molecule has 0 radical (unpaired) electrons. The Kier molecular flexibility index (Phi) is 7.82. The summed E-state index contributed by atoms with van der Waals surface area (Å²) in [7, 11) is 0. The molecule has 2 rings (SSSR count). The lowest BCUT2D eigenvalue weighted by molar-refractivity contribution is 0.629. The summed E-state index contributed by atoms with van der Waals surface area (Å²) >= 11 is 0. The lowest BCUT2D eigenvalue weighted by Crippen LogP contribution is -1.89. The van der Waals surface area contributed by atoms with Crippen LogP contribution in [0.2, 0.25) is 0 Å². The van der Waals surface area contributed by atoms with Crippen molar-refractivity contribution in [2.45, 2.75) is 33.1 Å².